The molecule has 1 saturated carbocycles. The van der Waals surface area contributed by atoms with E-state index in [9.17, 15) is 8.42 Å². The van der Waals surface area contributed by atoms with Crippen LogP contribution in [-0.4, -0.2) is 43.6 Å². The lowest BCUT2D eigenvalue weighted by atomic mass is 10.2. The third-order valence-corrected chi connectivity index (χ3v) is 5.71. The first kappa shape index (κ1) is 12.1. The smallest absolute Gasteiger partial charge is 0.217 e. The third kappa shape index (κ3) is 2.47. The molecule has 1 aliphatic heterocycles. The highest BCUT2D eigenvalue weighted by molar-refractivity contribution is 7.89. The summed E-state index contributed by atoms with van der Waals surface area (Å²) in [5.41, 5.74) is 0. The van der Waals surface area contributed by atoms with E-state index in [1.807, 2.05) is 0 Å². The predicted molar refractivity (Wildman–Crippen MR) is 64.7 cm³/mol. The lowest BCUT2D eigenvalue weighted by Gasteiger charge is -2.29. The molecule has 1 heterocycles. The van der Waals surface area contributed by atoms with Crippen molar-refractivity contribution in [3.63, 3.8) is 0 Å². The van der Waals surface area contributed by atoms with Gasteiger partial charge in [0, 0.05) is 12.6 Å². The Labute approximate surface area is 97.8 Å². The second-order valence-electron chi connectivity index (χ2n) is 4.58. The van der Waals surface area contributed by atoms with Gasteiger partial charge in [-0.2, -0.15) is 4.31 Å². The van der Waals surface area contributed by atoms with Crippen molar-refractivity contribution in [1.82, 2.24) is 9.62 Å². The third-order valence-electron chi connectivity index (χ3n) is 3.30. The molecule has 1 aliphatic carbocycles. The van der Waals surface area contributed by atoms with Crippen LogP contribution < -0.4 is 5.32 Å². The molecule has 0 unspecified atom stereocenters. The molecule has 0 aromatic rings. The maximum atomic E-state index is 12.4. The summed E-state index contributed by atoms with van der Waals surface area (Å²) in [5.74, 6) is 0. The van der Waals surface area contributed by atoms with Gasteiger partial charge < -0.3 is 5.32 Å². The summed E-state index contributed by atoms with van der Waals surface area (Å²) in [7, 11) is -3.10. The van der Waals surface area contributed by atoms with Crippen LogP contribution in [0.25, 0.3) is 0 Å². The number of nitrogens with zero attached hydrogens (tertiary/aromatic N) is 1. The first-order chi connectivity index (χ1) is 7.66. The first-order valence-corrected chi connectivity index (χ1v) is 7.49. The number of sulfonamides is 1. The van der Waals surface area contributed by atoms with E-state index < -0.39 is 10.0 Å². The average Bonchev–Trinajstić information content (AvgIpc) is 3.11. The van der Waals surface area contributed by atoms with Crippen LogP contribution in [0.3, 0.4) is 0 Å². The molecular weight excluding hydrogens is 224 g/mol. The van der Waals surface area contributed by atoms with Crippen molar-refractivity contribution in [3.8, 4) is 0 Å². The fourth-order valence-electron chi connectivity index (χ4n) is 2.24. The average molecular weight is 244 g/mol. The van der Waals surface area contributed by atoms with E-state index in [2.05, 4.69) is 11.9 Å². The van der Waals surface area contributed by atoms with E-state index >= 15 is 0 Å². The van der Waals surface area contributed by atoms with Gasteiger partial charge in [-0.05, 0) is 38.8 Å². The van der Waals surface area contributed by atoms with Crippen LogP contribution in [0.5, 0.6) is 0 Å². The lowest BCUT2D eigenvalue weighted by Crippen LogP contribution is -2.44. The highest BCUT2D eigenvalue weighted by atomic mass is 32.2. The molecule has 0 amide bonds. The second kappa shape index (κ2) is 4.85. The van der Waals surface area contributed by atoms with Crippen molar-refractivity contribution in [2.45, 2.75) is 37.0 Å². The van der Waals surface area contributed by atoms with Crippen LogP contribution in [0.15, 0.2) is 12.7 Å². The summed E-state index contributed by atoms with van der Waals surface area (Å²) in [4.78, 5) is 0. The summed E-state index contributed by atoms with van der Waals surface area (Å²) >= 11 is 0. The van der Waals surface area contributed by atoms with Gasteiger partial charge in [-0.15, -0.1) is 6.58 Å². The zero-order valence-electron chi connectivity index (χ0n) is 9.56. The van der Waals surface area contributed by atoms with Gasteiger partial charge in [0.1, 0.15) is 0 Å². The molecule has 0 atom stereocenters. The largest absolute Gasteiger partial charge is 0.317 e. The molecule has 0 spiro atoms. The fourth-order valence-corrected chi connectivity index (χ4v) is 4.39. The molecule has 0 radical (unpaired) electrons. The van der Waals surface area contributed by atoms with E-state index in [0.717, 1.165) is 38.8 Å². The topological polar surface area (TPSA) is 49.4 Å². The molecule has 92 valence electrons. The van der Waals surface area contributed by atoms with Gasteiger partial charge in [0.15, 0.2) is 0 Å². The number of piperidine rings is 1. The van der Waals surface area contributed by atoms with Crippen LogP contribution in [0.1, 0.15) is 25.7 Å². The molecule has 0 aromatic heterocycles. The van der Waals surface area contributed by atoms with Crippen LogP contribution >= 0.6 is 0 Å². The van der Waals surface area contributed by atoms with Crippen molar-refractivity contribution in [1.29, 1.82) is 0 Å². The van der Waals surface area contributed by atoms with E-state index in [1.165, 1.54) is 0 Å². The summed E-state index contributed by atoms with van der Waals surface area (Å²) in [6, 6.07) is 0.248. The molecule has 2 aliphatic rings. The van der Waals surface area contributed by atoms with Gasteiger partial charge in [0.25, 0.3) is 0 Å². The van der Waals surface area contributed by atoms with Crippen molar-refractivity contribution in [3.05, 3.63) is 12.7 Å². The van der Waals surface area contributed by atoms with Gasteiger partial charge in [-0.3, -0.25) is 0 Å². The van der Waals surface area contributed by atoms with Crippen molar-refractivity contribution in [2.75, 3.05) is 19.6 Å². The monoisotopic (exact) mass is 244 g/mol. The minimum absolute atomic E-state index is 0.186. The van der Waals surface area contributed by atoms with Gasteiger partial charge >= 0.3 is 0 Å². The Morgan fingerprint density at radius 2 is 1.88 bits per heavy atom. The van der Waals surface area contributed by atoms with Gasteiger partial charge in [0.2, 0.25) is 10.0 Å². The zero-order valence-corrected chi connectivity index (χ0v) is 10.4. The van der Waals surface area contributed by atoms with Gasteiger partial charge in [0.05, 0.1) is 5.25 Å². The zero-order chi connectivity index (χ0) is 11.6. The fraction of sp³-hybridized carbons (Fsp3) is 0.818. The van der Waals surface area contributed by atoms with E-state index in [4.69, 9.17) is 0 Å². The summed E-state index contributed by atoms with van der Waals surface area (Å²) in [5, 5.41) is 3.01. The molecule has 0 bridgehead atoms. The Hall–Kier alpha value is -0.390. The molecule has 1 N–H and O–H groups in total. The molecule has 5 heteroatoms. The van der Waals surface area contributed by atoms with Crippen molar-refractivity contribution >= 4 is 10.0 Å². The highest BCUT2D eigenvalue weighted by Crippen LogP contribution is 2.32. The molecule has 16 heavy (non-hydrogen) atoms. The molecule has 4 nitrogen and oxygen atoms in total. The number of rotatable bonds is 5. The van der Waals surface area contributed by atoms with E-state index in [1.54, 1.807) is 10.4 Å². The van der Waals surface area contributed by atoms with Gasteiger partial charge in [-0.1, -0.05) is 6.08 Å². The number of nitrogens with one attached hydrogen (secondary N) is 1. The van der Waals surface area contributed by atoms with Crippen LogP contribution in [0.2, 0.25) is 0 Å². The minimum atomic E-state index is -3.10. The predicted octanol–water partition coefficient (Wildman–Crippen LogP) is 0.719. The van der Waals surface area contributed by atoms with E-state index in [0.29, 0.717) is 6.54 Å². The number of hydrogen-bond acceptors (Lipinski definition) is 3. The highest BCUT2D eigenvalue weighted by Gasteiger charge is 2.40. The maximum Gasteiger partial charge on any atom is 0.217 e. The Morgan fingerprint density at radius 3 is 2.38 bits per heavy atom. The Balaban J connectivity index is 2.10. The minimum Gasteiger partial charge on any atom is -0.317 e. The van der Waals surface area contributed by atoms with Crippen molar-refractivity contribution in [2.24, 2.45) is 0 Å². The Morgan fingerprint density at radius 1 is 1.25 bits per heavy atom. The first-order valence-electron chi connectivity index (χ1n) is 5.98. The summed E-state index contributed by atoms with van der Waals surface area (Å²) in [6.07, 6.45) is 5.19. The quantitative estimate of drug-likeness (QED) is 0.725. The van der Waals surface area contributed by atoms with Crippen LogP contribution in [0.4, 0.5) is 0 Å². The standard InChI is InChI=1S/C11H20N2O2S/c1-2-9-13(10-3-4-10)16(14,15)11-5-7-12-8-6-11/h2,10-12H,1,3-9H2. The summed E-state index contributed by atoms with van der Waals surface area (Å²) in [6.45, 7) is 5.75. The maximum absolute atomic E-state index is 12.4. The Kier molecular flexibility index (Phi) is 3.66. The Bertz CT molecular complexity index is 343. The molecule has 2 rings (SSSR count). The van der Waals surface area contributed by atoms with E-state index in [-0.39, 0.29) is 11.3 Å². The molecule has 0 aromatic carbocycles. The van der Waals surface area contributed by atoms with Crippen LogP contribution in [-0.2, 0) is 10.0 Å². The lowest BCUT2D eigenvalue weighted by molar-refractivity contribution is 0.407. The normalized spacial score (nSPS) is 23.6. The summed E-state index contributed by atoms with van der Waals surface area (Å²) < 4.78 is 26.5. The molecule has 1 saturated heterocycles. The molecular formula is C11H20N2O2S. The molecule has 2 fully saturated rings. The number of hydrogen-bond donors (Lipinski definition) is 1. The second-order valence-corrected chi connectivity index (χ2v) is 6.75. The SMILES string of the molecule is C=CCN(C1CC1)S(=O)(=O)C1CCNCC1. The van der Waals surface area contributed by atoms with Gasteiger partial charge in [-0.25, -0.2) is 8.42 Å². The van der Waals surface area contributed by atoms with Crippen LogP contribution in [0, 0.1) is 0 Å². The van der Waals surface area contributed by atoms with Crippen molar-refractivity contribution < 1.29 is 8.42 Å².